The van der Waals surface area contributed by atoms with Gasteiger partial charge in [0.15, 0.2) is 0 Å². The minimum Gasteiger partial charge on any atom is -0.299 e. The van der Waals surface area contributed by atoms with Crippen molar-refractivity contribution in [1.29, 1.82) is 0 Å². The lowest BCUT2D eigenvalue weighted by molar-refractivity contribution is 0.0712. The molecule has 0 aliphatic carbocycles. The number of piperidine rings is 2. The highest BCUT2D eigenvalue weighted by molar-refractivity contribution is 5.00. The zero-order valence-electron chi connectivity index (χ0n) is 5.93. The average molecular weight is 139 g/mol. The molecule has 4 atom stereocenters. The third-order valence-corrected chi connectivity index (χ3v) is 2.89. The zero-order chi connectivity index (χ0) is 6.55. The second-order valence-corrected chi connectivity index (χ2v) is 3.71. The van der Waals surface area contributed by atoms with Gasteiger partial charge < -0.3 is 0 Å². The molecule has 4 bridgehead atoms. The summed E-state index contributed by atoms with van der Waals surface area (Å²) in [6.07, 6.45) is 5.11. The summed E-state index contributed by atoms with van der Waals surface area (Å²) in [5, 5.41) is 10.6. The standard InChI is InChI=1S/C7H13N3/c1-4-2-6-9-5(1)3-7(8-4)10-6/h4-10H,1-3H2. The largest absolute Gasteiger partial charge is 0.299 e. The summed E-state index contributed by atoms with van der Waals surface area (Å²) >= 11 is 0. The number of hydrogen-bond acceptors (Lipinski definition) is 3. The SMILES string of the molecule is C1C2CC3NC1CC(N2)N3. The molecule has 3 nitrogen and oxygen atoms in total. The van der Waals surface area contributed by atoms with E-state index < -0.39 is 0 Å². The van der Waals surface area contributed by atoms with E-state index in [9.17, 15) is 0 Å². The van der Waals surface area contributed by atoms with E-state index in [1.165, 1.54) is 19.3 Å². The molecule has 4 heterocycles. The van der Waals surface area contributed by atoms with E-state index in [2.05, 4.69) is 16.0 Å². The second kappa shape index (κ2) is 1.72. The molecule has 0 aromatic heterocycles. The molecular formula is C7H13N3. The molecule has 0 saturated carbocycles. The van der Waals surface area contributed by atoms with Gasteiger partial charge in [-0.1, -0.05) is 0 Å². The Labute approximate surface area is 60.6 Å². The maximum Gasteiger partial charge on any atom is 0.0600 e. The Kier molecular flexibility index (Phi) is 0.952. The summed E-state index contributed by atoms with van der Waals surface area (Å²) in [6.45, 7) is 0. The van der Waals surface area contributed by atoms with Gasteiger partial charge in [0, 0.05) is 12.1 Å². The highest BCUT2D eigenvalue weighted by Crippen LogP contribution is 2.25. The number of hydrogen-bond donors (Lipinski definition) is 3. The van der Waals surface area contributed by atoms with Gasteiger partial charge in [-0.3, -0.25) is 16.0 Å². The van der Waals surface area contributed by atoms with Crippen LogP contribution >= 0.6 is 0 Å². The van der Waals surface area contributed by atoms with Crippen LogP contribution in [0.15, 0.2) is 0 Å². The van der Waals surface area contributed by atoms with Gasteiger partial charge in [0.1, 0.15) is 0 Å². The summed E-state index contributed by atoms with van der Waals surface area (Å²) in [6, 6.07) is 1.60. The normalized spacial score (nSPS) is 57.6. The Hall–Kier alpha value is -0.120. The Balaban J connectivity index is 1.90. The molecule has 4 rings (SSSR count). The quantitative estimate of drug-likeness (QED) is 0.417. The number of nitrogens with one attached hydrogen (secondary N) is 3. The fraction of sp³-hybridized carbons (Fsp3) is 1.00. The summed E-state index contributed by atoms with van der Waals surface area (Å²) < 4.78 is 0. The van der Waals surface area contributed by atoms with Crippen LogP contribution in [0, 0.1) is 0 Å². The van der Waals surface area contributed by atoms with Crippen LogP contribution in [0.3, 0.4) is 0 Å². The van der Waals surface area contributed by atoms with Gasteiger partial charge in [0.25, 0.3) is 0 Å². The third kappa shape index (κ3) is 0.654. The summed E-state index contributed by atoms with van der Waals surface area (Å²) in [7, 11) is 0. The third-order valence-electron chi connectivity index (χ3n) is 2.89. The highest BCUT2D eigenvalue weighted by Gasteiger charge is 2.40. The lowest BCUT2D eigenvalue weighted by atomic mass is 9.86. The minimum absolute atomic E-state index is 0.615. The van der Waals surface area contributed by atoms with Crippen LogP contribution in [0.4, 0.5) is 0 Å². The van der Waals surface area contributed by atoms with Crippen LogP contribution in [-0.4, -0.2) is 24.4 Å². The predicted octanol–water partition coefficient (Wildman–Crippen LogP) is -0.644. The fourth-order valence-corrected chi connectivity index (χ4v) is 2.56. The van der Waals surface area contributed by atoms with E-state index in [-0.39, 0.29) is 0 Å². The van der Waals surface area contributed by atoms with Crippen molar-refractivity contribution in [2.75, 3.05) is 0 Å². The Morgan fingerprint density at radius 1 is 0.700 bits per heavy atom. The first-order valence-electron chi connectivity index (χ1n) is 4.18. The van der Waals surface area contributed by atoms with Crippen molar-refractivity contribution in [3.05, 3.63) is 0 Å². The molecule has 3 N–H and O–H groups in total. The van der Waals surface area contributed by atoms with Gasteiger partial charge in [0.05, 0.1) is 12.3 Å². The average Bonchev–Trinajstić information content (AvgIpc) is 1.82. The van der Waals surface area contributed by atoms with Gasteiger partial charge in [-0.2, -0.15) is 0 Å². The topological polar surface area (TPSA) is 36.1 Å². The molecular weight excluding hydrogens is 126 g/mol. The molecule has 4 unspecified atom stereocenters. The van der Waals surface area contributed by atoms with Crippen LogP contribution in [0.25, 0.3) is 0 Å². The number of rotatable bonds is 0. The molecule has 0 aromatic rings. The lowest BCUT2D eigenvalue weighted by Gasteiger charge is -2.51. The molecule has 0 aromatic carbocycles. The van der Waals surface area contributed by atoms with Gasteiger partial charge in [-0.05, 0) is 19.3 Å². The molecule has 4 aliphatic rings. The van der Waals surface area contributed by atoms with Crippen molar-refractivity contribution in [2.45, 2.75) is 43.7 Å². The van der Waals surface area contributed by atoms with Crippen molar-refractivity contribution < 1.29 is 0 Å². The monoisotopic (exact) mass is 139 g/mol. The molecule has 56 valence electrons. The van der Waals surface area contributed by atoms with Gasteiger partial charge in [-0.25, -0.2) is 0 Å². The van der Waals surface area contributed by atoms with E-state index in [1.807, 2.05) is 0 Å². The molecule has 4 saturated heterocycles. The summed E-state index contributed by atoms with van der Waals surface area (Å²) in [5.74, 6) is 0. The van der Waals surface area contributed by atoms with E-state index in [4.69, 9.17) is 0 Å². The molecule has 0 radical (unpaired) electrons. The summed E-state index contributed by atoms with van der Waals surface area (Å²) in [5.41, 5.74) is 0. The Morgan fingerprint density at radius 3 is 1.80 bits per heavy atom. The van der Waals surface area contributed by atoms with Gasteiger partial charge in [0.2, 0.25) is 0 Å². The molecule has 0 amide bonds. The maximum atomic E-state index is 3.56. The first kappa shape index (κ1) is 5.52. The molecule has 3 heteroatoms. The first-order valence-corrected chi connectivity index (χ1v) is 4.18. The van der Waals surface area contributed by atoms with E-state index in [0.29, 0.717) is 12.3 Å². The molecule has 4 fully saturated rings. The maximum absolute atomic E-state index is 3.56. The molecule has 10 heavy (non-hydrogen) atoms. The second-order valence-electron chi connectivity index (χ2n) is 3.71. The Morgan fingerprint density at radius 2 is 1.30 bits per heavy atom. The predicted molar refractivity (Wildman–Crippen MR) is 38.4 cm³/mol. The van der Waals surface area contributed by atoms with Crippen LogP contribution < -0.4 is 16.0 Å². The van der Waals surface area contributed by atoms with E-state index >= 15 is 0 Å². The smallest absolute Gasteiger partial charge is 0.0600 e. The van der Waals surface area contributed by atoms with Crippen molar-refractivity contribution in [2.24, 2.45) is 0 Å². The molecule has 0 spiro atoms. The van der Waals surface area contributed by atoms with Crippen LogP contribution in [-0.2, 0) is 0 Å². The van der Waals surface area contributed by atoms with Gasteiger partial charge in [-0.15, -0.1) is 0 Å². The van der Waals surface area contributed by atoms with Crippen LogP contribution in [0.2, 0.25) is 0 Å². The zero-order valence-corrected chi connectivity index (χ0v) is 5.93. The van der Waals surface area contributed by atoms with Crippen molar-refractivity contribution >= 4 is 0 Å². The fourth-order valence-electron chi connectivity index (χ4n) is 2.56. The van der Waals surface area contributed by atoms with E-state index in [1.54, 1.807) is 0 Å². The van der Waals surface area contributed by atoms with E-state index in [0.717, 1.165) is 12.1 Å². The lowest BCUT2D eigenvalue weighted by Crippen LogP contribution is -2.74. The van der Waals surface area contributed by atoms with Crippen molar-refractivity contribution in [1.82, 2.24) is 16.0 Å². The minimum atomic E-state index is 0.615. The first-order chi connectivity index (χ1) is 4.90. The van der Waals surface area contributed by atoms with Crippen LogP contribution in [0.5, 0.6) is 0 Å². The van der Waals surface area contributed by atoms with Gasteiger partial charge >= 0.3 is 0 Å². The van der Waals surface area contributed by atoms with Crippen molar-refractivity contribution in [3.8, 4) is 0 Å². The summed E-state index contributed by atoms with van der Waals surface area (Å²) in [4.78, 5) is 0. The van der Waals surface area contributed by atoms with Crippen molar-refractivity contribution in [3.63, 3.8) is 0 Å². The van der Waals surface area contributed by atoms with Crippen LogP contribution in [0.1, 0.15) is 19.3 Å². The highest BCUT2D eigenvalue weighted by atomic mass is 15.3. The Bertz CT molecular complexity index is 100. The molecule has 4 aliphatic heterocycles.